The highest BCUT2D eigenvalue weighted by molar-refractivity contribution is 7.92. The van der Waals surface area contributed by atoms with E-state index in [1.807, 2.05) is 0 Å². The average molecular weight is 496 g/mol. The number of halogens is 2. The predicted molar refractivity (Wildman–Crippen MR) is 122 cm³/mol. The monoisotopic (exact) mass is 495 g/mol. The van der Waals surface area contributed by atoms with E-state index >= 15 is 0 Å². The fraction of sp³-hybridized carbons (Fsp3) is 0.100. The number of ether oxygens (including phenoxy) is 1. The maximum absolute atomic E-state index is 13.6. The van der Waals surface area contributed by atoms with Gasteiger partial charge in [-0.3, -0.25) is 13.5 Å². The van der Waals surface area contributed by atoms with Crippen LogP contribution in [-0.4, -0.2) is 24.9 Å². The molecule has 0 radical (unpaired) electrons. The number of sulfonamides is 1. The van der Waals surface area contributed by atoms with E-state index in [1.54, 1.807) is 35.8 Å². The van der Waals surface area contributed by atoms with Crippen LogP contribution in [0, 0.1) is 0 Å². The second-order valence-corrected chi connectivity index (χ2v) is 9.95. The lowest BCUT2D eigenvalue weighted by Crippen LogP contribution is -2.32. The Morgan fingerprint density at radius 3 is 2.65 bits per heavy atom. The molecule has 0 saturated carbocycles. The van der Waals surface area contributed by atoms with Gasteiger partial charge in [0.05, 0.1) is 40.0 Å². The van der Waals surface area contributed by atoms with Crippen molar-refractivity contribution in [2.75, 3.05) is 11.4 Å². The van der Waals surface area contributed by atoms with Crippen molar-refractivity contribution in [1.82, 2.24) is 9.38 Å². The molecular weight excluding hydrogens is 481 g/mol. The van der Waals surface area contributed by atoms with E-state index in [1.165, 1.54) is 47.1 Å². The topological polar surface area (TPSA) is 81.0 Å². The van der Waals surface area contributed by atoms with Crippen LogP contribution >= 0.6 is 34.5 Å². The van der Waals surface area contributed by atoms with Crippen molar-refractivity contribution in [2.24, 2.45) is 0 Å². The number of rotatable bonds is 6. The van der Waals surface area contributed by atoms with Crippen LogP contribution in [0.3, 0.4) is 0 Å². The summed E-state index contributed by atoms with van der Waals surface area (Å²) in [6.45, 7) is -0.188. The molecule has 31 heavy (non-hydrogen) atoms. The third-order valence-corrected chi connectivity index (χ3v) is 7.75. The quantitative estimate of drug-likeness (QED) is 0.394. The Labute approximate surface area is 192 Å². The number of anilines is 1. The molecule has 0 aliphatic carbocycles. The van der Waals surface area contributed by atoms with Crippen LogP contribution in [0.5, 0.6) is 5.75 Å². The first-order chi connectivity index (χ1) is 14.8. The van der Waals surface area contributed by atoms with Crippen LogP contribution in [0.2, 0.25) is 10.0 Å². The second-order valence-electron chi connectivity index (χ2n) is 6.40. The molecule has 11 heteroatoms. The molecule has 0 amide bonds. The van der Waals surface area contributed by atoms with Crippen molar-refractivity contribution in [3.63, 3.8) is 0 Å². The summed E-state index contributed by atoms with van der Waals surface area (Å²) in [5, 5.41) is 2.08. The van der Waals surface area contributed by atoms with Crippen LogP contribution in [0.15, 0.2) is 69.8 Å². The Bertz CT molecular complexity index is 1430. The van der Waals surface area contributed by atoms with Gasteiger partial charge in [-0.15, -0.1) is 11.3 Å². The van der Waals surface area contributed by atoms with Crippen LogP contribution in [-0.2, 0) is 16.6 Å². The third-order valence-electron chi connectivity index (χ3n) is 4.49. The molecule has 0 saturated heterocycles. The van der Waals surface area contributed by atoms with Crippen molar-refractivity contribution in [3.05, 3.63) is 86.2 Å². The Hall–Kier alpha value is -2.59. The molecule has 0 unspecified atom stereocenters. The minimum atomic E-state index is -4.11. The number of benzene rings is 2. The molecule has 7 nitrogen and oxygen atoms in total. The average Bonchev–Trinajstić information content (AvgIpc) is 3.23. The molecule has 0 N–H and O–H groups in total. The highest BCUT2D eigenvalue weighted by Crippen LogP contribution is 2.35. The van der Waals surface area contributed by atoms with Crippen molar-refractivity contribution in [1.29, 1.82) is 0 Å². The van der Waals surface area contributed by atoms with E-state index in [9.17, 15) is 13.2 Å². The molecule has 4 aromatic rings. The van der Waals surface area contributed by atoms with E-state index in [0.29, 0.717) is 22.1 Å². The Balaban J connectivity index is 1.88. The van der Waals surface area contributed by atoms with Gasteiger partial charge in [0.1, 0.15) is 5.75 Å². The number of aromatic nitrogens is 2. The van der Waals surface area contributed by atoms with Gasteiger partial charge in [-0.05, 0) is 30.3 Å². The Kier molecular flexibility index (Phi) is 5.94. The van der Waals surface area contributed by atoms with Crippen molar-refractivity contribution in [2.45, 2.75) is 11.4 Å². The van der Waals surface area contributed by atoms with E-state index in [4.69, 9.17) is 27.9 Å². The molecule has 0 bridgehead atoms. The van der Waals surface area contributed by atoms with Crippen LogP contribution < -0.4 is 14.6 Å². The number of hydrogen-bond donors (Lipinski definition) is 0. The second kappa shape index (κ2) is 8.51. The van der Waals surface area contributed by atoms with Gasteiger partial charge in [0.15, 0.2) is 4.96 Å². The third kappa shape index (κ3) is 4.14. The largest absolute Gasteiger partial charge is 0.495 e. The summed E-state index contributed by atoms with van der Waals surface area (Å²) in [6.07, 6.45) is 1.61. The first-order valence-electron chi connectivity index (χ1n) is 8.88. The maximum atomic E-state index is 13.6. The lowest BCUT2D eigenvalue weighted by atomic mass is 10.3. The Morgan fingerprint density at radius 1 is 1.13 bits per heavy atom. The first-order valence-corrected chi connectivity index (χ1v) is 12.0. The minimum absolute atomic E-state index is 0.0540. The highest BCUT2D eigenvalue weighted by Gasteiger charge is 2.29. The summed E-state index contributed by atoms with van der Waals surface area (Å²) < 4.78 is 35.2. The first kappa shape index (κ1) is 21.6. The van der Waals surface area contributed by atoms with Gasteiger partial charge in [0.25, 0.3) is 15.6 Å². The molecule has 2 heterocycles. The SMILES string of the molecule is COc1ccccc1N(Cc1cc(=O)n2ccsc2n1)S(=O)(=O)c1ccc(Cl)c(Cl)c1. The molecule has 2 aromatic carbocycles. The normalized spacial score (nSPS) is 11.6. The number of nitrogens with zero attached hydrogens (tertiary/aromatic N) is 3. The number of fused-ring (bicyclic) bond motifs is 1. The summed E-state index contributed by atoms with van der Waals surface area (Å²) >= 11 is 13.3. The lowest BCUT2D eigenvalue weighted by Gasteiger charge is -2.26. The van der Waals surface area contributed by atoms with Crippen molar-refractivity contribution >= 4 is 55.2 Å². The fourth-order valence-corrected chi connectivity index (χ4v) is 5.59. The number of methoxy groups -OCH3 is 1. The molecule has 0 fully saturated rings. The summed E-state index contributed by atoms with van der Waals surface area (Å²) in [6, 6.07) is 12.1. The van der Waals surface area contributed by atoms with Gasteiger partial charge in [0.2, 0.25) is 0 Å². The predicted octanol–water partition coefficient (Wildman–Crippen LogP) is 4.47. The smallest absolute Gasteiger partial charge is 0.264 e. The molecular formula is C20H15Cl2N3O4S2. The zero-order valence-electron chi connectivity index (χ0n) is 16.0. The molecule has 2 aromatic heterocycles. The van der Waals surface area contributed by atoms with Gasteiger partial charge in [-0.1, -0.05) is 35.3 Å². The minimum Gasteiger partial charge on any atom is -0.495 e. The summed E-state index contributed by atoms with van der Waals surface area (Å²) in [5.74, 6) is 0.347. The standard InChI is InChI=1S/C20H15Cl2N3O4S2/c1-29-18-5-3-2-4-17(18)25(31(27,28)14-6-7-15(21)16(22)11-14)12-13-10-19(26)24-8-9-30-20(24)23-13/h2-11H,12H2,1H3. The van der Waals surface area contributed by atoms with Gasteiger partial charge in [-0.2, -0.15) is 0 Å². The molecule has 0 aliphatic heterocycles. The maximum Gasteiger partial charge on any atom is 0.264 e. The number of thiazole rings is 1. The number of para-hydroxylation sites is 2. The zero-order chi connectivity index (χ0) is 22.2. The zero-order valence-corrected chi connectivity index (χ0v) is 19.2. The van der Waals surface area contributed by atoms with Crippen LogP contribution in [0.4, 0.5) is 5.69 Å². The molecule has 0 spiro atoms. The fourth-order valence-electron chi connectivity index (χ4n) is 3.02. The molecule has 160 valence electrons. The summed E-state index contributed by atoms with van der Waals surface area (Å²) in [5.41, 5.74) is 0.291. The van der Waals surface area contributed by atoms with E-state index in [-0.39, 0.29) is 27.0 Å². The van der Waals surface area contributed by atoms with Crippen LogP contribution in [0.25, 0.3) is 4.96 Å². The number of hydrogen-bond acceptors (Lipinski definition) is 6. The van der Waals surface area contributed by atoms with Gasteiger partial charge >= 0.3 is 0 Å². The lowest BCUT2D eigenvalue weighted by molar-refractivity contribution is 0.415. The van der Waals surface area contributed by atoms with Gasteiger partial charge in [-0.25, -0.2) is 13.4 Å². The van der Waals surface area contributed by atoms with Crippen molar-refractivity contribution < 1.29 is 13.2 Å². The summed E-state index contributed by atoms with van der Waals surface area (Å²) in [4.78, 5) is 17.3. The Morgan fingerprint density at radius 2 is 1.90 bits per heavy atom. The molecule has 4 rings (SSSR count). The van der Waals surface area contributed by atoms with E-state index < -0.39 is 10.0 Å². The van der Waals surface area contributed by atoms with Gasteiger partial charge in [0, 0.05) is 17.6 Å². The highest BCUT2D eigenvalue weighted by atomic mass is 35.5. The van der Waals surface area contributed by atoms with Crippen molar-refractivity contribution in [3.8, 4) is 5.75 Å². The van der Waals surface area contributed by atoms with Gasteiger partial charge < -0.3 is 4.74 Å². The van der Waals surface area contributed by atoms with E-state index in [2.05, 4.69) is 4.98 Å². The van der Waals surface area contributed by atoms with E-state index in [0.717, 1.165) is 4.31 Å². The molecule has 0 aliphatic rings. The summed E-state index contributed by atoms with van der Waals surface area (Å²) in [7, 11) is -2.66. The molecule has 0 atom stereocenters. The van der Waals surface area contributed by atoms with Crippen LogP contribution in [0.1, 0.15) is 5.69 Å².